The maximum absolute atomic E-state index is 5.62. The van der Waals surface area contributed by atoms with Gasteiger partial charge in [-0.2, -0.15) is 0 Å². The number of hydrogen-bond acceptors (Lipinski definition) is 4. The van der Waals surface area contributed by atoms with Gasteiger partial charge in [-0.1, -0.05) is 0 Å². The second-order valence-corrected chi connectivity index (χ2v) is 4.78. The normalized spacial score (nSPS) is 20.2. The topological polar surface area (TPSA) is 47.0 Å². The van der Waals surface area contributed by atoms with Gasteiger partial charge in [0, 0.05) is 11.4 Å². The molecule has 0 spiro atoms. The molecule has 0 aliphatic carbocycles. The summed E-state index contributed by atoms with van der Waals surface area (Å²) in [6.45, 7) is 6.93. The molecule has 0 radical (unpaired) electrons. The molecule has 4 heteroatoms. The first-order chi connectivity index (χ1) is 8.24. The van der Waals surface area contributed by atoms with Gasteiger partial charge in [-0.25, -0.2) is 9.97 Å². The Kier molecular flexibility index (Phi) is 4.31. The second kappa shape index (κ2) is 5.96. The van der Waals surface area contributed by atoms with Gasteiger partial charge in [-0.15, -0.1) is 0 Å². The van der Waals surface area contributed by atoms with Crippen molar-refractivity contribution in [2.45, 2.75) is 33.1 Å². The zero-order chi connectivity index (χ0) is 12.1. The number of hydrogen-bond donors (Lipinski definition) is 1. The van der Waals surface area contributed by atoms with Crippen LogP contribution in [0.1, 0.15) is 30.7 Å². The molecule has 2 heterocycles. The fraction of sp³-hybridized carbons (Fsp3) is 0.692. The summed E-state index contributed by atoms with van der Waals surface area (Å²) in [7, 11) is 0. The molecule has 1 aliphatic rings. The molecule has 0 aromatic carbocycles. The number of piperidine rings is 1. The van der Waals surface area contributed by atoms with Gasteiger partial charge in [-0.3, -0.25) is 0 Å². The van der Waals surface area contributed by atoms with Gasteiger partial charge in [0.05, 0.1) is 6.61 Å². The highest BCUT2D eigenvalue weighted by Crippen LogP contribution is 2.14. The van der Waals surface area contributed by atoms with Crippen LogP contribution in [0.15, 0.2) is 6.07 Å². The Morgan fingerprint density at radius 2 is 2.12 bits per heavy atom. The van der Waals surface area contributed by atoms with E-state index in [0.29, 0.717) is 6.01 Å². The molecular weight excluding hydrogens is 214 g/mol. The van der Waals surface area contributed by atoms with Gasteiger partial charge in [0.1, 0.15) is 0 Å². The Morgan fingerprint density at radius 1 is 1.35 bits per heavy atom. The number of ether oxygens (including phenoxy) is 1. The molecule has 17 heavy (non-hydrogen) atoms. The van der Waals surface area contributed by atoms with E-state index in [0.717, 1.165) is 43.4 Å². The summed E-state index contributed by atoms with van der Waals surface area (Å²) in [5.74, 6) is 0.745. The highest BCUT2D eigenvalue weighted by molar-refractivity contribution is 5.10. The number of nitrogens with one attached hydrogen (secondary N) is 1. The summed E-state index contributed by atoms with van der Waals surface area (Å²) in [5, 5.41) is 3.41. The van der Waals surface area contributed by atoms with Crippen molar-refractivity contribution in [1.82, 2.24) is 15.3 Å². The molecule has 1 aromatic heterocycles. The first-order valence-corrected chi connectivity index (χ1v) is 6.40. The quantitative estimate of drug-likeness (QED) is 0.865. The summed E-state index contributed by atoms with van der Waals surface area (Å²) in [4.78, 5) is 8.54. The predicted molar refractivity (Wildman–Crippen MR) is 67.2 cm³/mol. The van der Waals surface area contributed by atoms with Crippen LogP contribution < -0.4 is 10.1 Å². The third-order valence-corrected chi connectivity index (χ3v) is 3.12. The van der Waals surface area contributed by atoms with E-state index in [1.54, 1.807) is 0 Å². The molecule has 1 fully saturated rings. The molecule has 94 valence electrons. The minimum atomic E-state index is 0.520. The summed E-state index contributed by atoms with van der Waals surface area (Å²) in [6.07, 6.45) is 3.68. The Morgan fingerprint density at radius 3 is 2.76 bits per heavy atom. The maximum atomic E-state index is 5.62. The standard InChI is InChI=1S/C13H21N3O/c1-10-8-11(2)16-13(15-10)17-7-5-12-4-3-6-14-9-12/h8,12,14H,3-7,9H2,1-2H3/t12-/m0/s1. The van der Waals surface area contributed by atoms with Crippen molar-refractivity contribution < 1.29 is 4.74 Å². The fourth-order valence-corrected chi connectivity index (χ4v) is 2.25. The lowest BCUT2D eigenvalue weighted by molar-refractivity contribution is 0.239. The van der Waals surface area contributed by atoms with Crippen LogP contribution in [0.5, 0.6) is 6.01 Å². The monoisotopic (exact) mass is 235 g/mol. The number of aromatic nitrogens is 2. The van der Waals surface area contributed by atoms with Crippen molar-refractivity contribution in [3.05, 3.63) is 17.5 Å². The lowest BCUT2D eigenvalue weighted by Crippen LogP contribution is -2.30. The Labute approximate surface area is 103 Å². The molecule has 0 unspecified atom stereocenters. The largest absolute Gasteiger partial charge is 0.463 e. The lowest BCUT2D eigenvalue weighted by Gasteiger charge is -2.22. The van der Waals surface area contributed by atoms with Crippen molar-refractivity contribution in [2.24, 2.45) is 5.92 Å². The van der Waals surface area contributed by atoms with E-state index >= 15 is 0 Å². The maximum Gasteiger partial charge on any atom is 0.316 e. The van der Waals surface area contributed by atoms with Crippen molar-refractivity contribution in [3.63, 3.8) is 0 Å². The van der Waals surface area contributed by atoms with Gasteiger partial charge in [0.2, 0.25) is 0 Å². The van der Waals surface area contributed by atoms with Crippen molar-refractivity contribution >= 4 is 0 Å². The van der Waals surface area contributed by atoms with Gasteiger partial charge in [0.15, 0.2) is 0 Å². The average Bonchev–Trinajstić information content (AvgIpc) is 2.29. The van der Waals surface area contributed by atoms with Gasteiger partial charge >= 0.3 is 6.01 Å². The second-order valence-electron chi connectivity index (χ2n) is 4.78. The number of rotatable bonds is 4. The van der Waals surface area contributed by atoms with Crippen LogP contribution in [0.2, 0.25) is 0 Å². The Hall–Kier alpha value is -1.16. The molecule has 0 bridgehead atoms. The lowest BCUT2D eigenvalue weighted by atomic mass is 9.97. The third-order valence-electron chi connectivity index (χ3n) is 3.12. The summed E-state index contributed by atoms with van der Waals surface area (Å²) >= 11 is 0. The summed E-state index contributed by atoms with van der Waals surface area (Å²) in [5.41, 5.74) is 1.93. The van der Waals surface area contributed by atoms with Crippen LogP contribution in [0.4, 0.5) is 0 Å². The number of aryl methyl sites for hydroxylation is 2. The highest BCUT2D eigenvalue weighted by atomic mass is 16.5. The van der Waals surface area contributed by atoms with E-state index in [1.807, 2.05) is 19.9 Å². The van der Waals surface area contributed by atoms with E-state index in [2.05, 4.69) is 15.3 Å². The minimum Gasteiger partial charge on any atom is -0.463 e. The number of nitrogens with zero attached hydrogens (tertiary/aromatic N) is 2. The molecule has 2 rings (SSSR count). The fourth-order valence-electron chi connectivity index (χ4n) is 2.25. The van der Waals surface area contributed by atoms with E-state index in [4.69, 9.17) is 4.74 Å². The average molecular weight is 235 g/mol. The van der Waals surface area contributed by atoms with Crippen LogP contribution in [0.25, 0.3) is 0 Å². The van der Waals surface area contributed by atoms with Gasteiger partial charge in [0.25, 0.3) is 0 Å². The summed E-state index contributed by atoms with van der Waals surface area (Å²) < 4.78 is 5.62. The molecule has 1 atom stereocenters. The van der Waals surface area contributed by atoms with Crippen molar-refractivity contribution in [3.8, 4) is 6.01 Å². The Bertz CT molecular complexity index is 341. The van der Waals surface area contributed by atoms with Gasteiger partial charge < -0.3 is 10.1 Å². The van der Waals surface area contributed by atoms with E-state index in [9.17, 15) is 0 Å². The van der Waals surface area contributed by atoms with E-state index in [1.165, 1.54) is 12.8 Å². The highest BCUT2D eigenvalue weighted by Gasteiger charge is 2.12. The molecule has 1 N–H and O–H groups in total. The molecule has 4 nitrogen and oxygen atoms in total. The molecule has 1 saturated heterocycles. The Balaban J connectivity index is 1.77. The first-order valence-electron chi connectivity index (χ1n) is 6.40. The summed E-state index contributed by atoms with van der Waals surface area (Å²) in [6, 6.07) is 2.48. The first kappa shape index (κ1) is 12.3. The van der Waals surface area contributed by atoms with Crippen LogP contribution in [-0.2, 0) is 0 Å². The zero-order valence-electron chi connectivity index (χ0n) is 10.7. The zero-order valence-corrected chi connectivity index (χ0v) is 10.7. The van der Waals surface area contributed by atoms with Crippen molar-refractivity contribution in [2.75, 3.05) is 19.7 Å². The van der Waals surface area contributed by atoms with Crippen LogP contribution in [-0.4, -0.2) is 29.7 Å². The van der Waals surface area contributed by atoms with Crippen LogP contribution in [0.3, 0.4) is 0 Å². The van der Waals surface area contributed by atoms with Crippen molar-refractivity contribution in [1.29, 1.82) is 0 Å². The molecule has 0 amide bonds. The predicted octanol–water partition coefficient (Wildman–Crippen LogP) is 1.86. The minimum absolute atomic E-state index is 0.520. The van der Waals surface area contributed by atoms with Crippen LogP contribution in [0, 0.1) is 19.8 Å². The molecule has 1 aliphatic heterocycles. The van der Waals surface area contributed by atoms with E-state index in [-0.39, 0.29) is 0 Å². The smallest absolute Gasteiger partial charge is 0.316 e. The van der Waals surface area contributed by atoms with Gasteiger partial charge in [-0.05, 0) is 58.2 Å². The molecule has 0 saturated carbocycles. The molecule has 1 aromatic rings. The SMILES string of the molecule is Cc1cc(C)nc(OCC[C@@H]2CCCNC2)n1. The van der Waals surface area contributed by atoms with E-state index < -0.39 is 0 Å². The van der Waals surface area contributed by atoms with Crippen LogP contribution >= 0.6 is 0 Å². The molecular formula is C13H21N3O. The third kappa shape index (κ3) is 3.97.